The summed E-state index contributed by atoms with van der Waals surface area (Å²) in [6.07, 6.45) is -0.437. The second kappa shape index (κ2) is 8.77. The maximum Gasteiger partial charge on any atom is 0.283 e. The lowest BCUT2D eigenvalue weighted by Gasteiger charge is -2.11. The molecule has 0 radical (unpaired) electrons. The standard InChI is InChI=1S/C19H22ClF2N3O3/c1-27-13-6-3-11(9-14(13)28-2)7-8-23-15(26)10-25-18(12-4-5-12)16(20)17(24-25)19(21)22/h3,6,9,12,19H,4-5,7-8,10H2,1-2H3,(H,23,26). The Kier molecular flexibility index (Phi) is 6.39. The van der Waals surface area contributed by atoms with Gasteiger partial charge in [0.2, 0.25) is 5.91 Å². The molecule has 1 heterocycles. The van der Waals surface area contributed by atoms with Gasteiger partial charge in [-0.3, -0.25) is 9.48 Å². The molecule has 1 aliphatic carbocycles. The molecule has 0 unspecified atom stereocenters. The van der Waals surface area contributed by atoms with E-state index in [-0.39, 0.29) is 23.4 Å². The van der Waals surface area contributed by atoms with Gasteiger partial charge in [0.05, 0.1) is 24.9 Å². The van der Waals surface area contributed by atoms with E-state index in [0.29, 0.717) is 30.2 Å². The van der Waals surface area contributed by atoms with E-state index in [0.717, 1.165) is 18.4 Å². The maximum atomic E-state index is 13.1. The molecule has 2 aromatic rings. The van der Waals surface area contributed by atoms with Crippen molar-refractivity contribution in [2.24, 2.45) is 0 Å². The van der Waals surface area contributed by atoms with Crippen LogP contribution in [-0.2, 0) is 17.8 Å². The maximum absolute atomic E-state index is 13.1. The van der Waals surface area contributed by atoms with Crippen LogP contribution in [0.25, 0.3) is 0 Å². The first-order valence-corrected chi connectivity index (χ1v) is 9.34. The van der Waals surface area contributed by atoms with E-state index in [1.165, 1.54) is 4.68 Å². The van der Waals surface area contributed by atoms with Gasteiger partial charge >= 0.3 is 0 Å². The number of benzene rings is 1. The lowest BCUT2D eigenvalue weighted by molar-refractivity contribution is -0.121. The number of nitrogens with one attached hydrogen (secondary N) is 1. The quantitative estimate of drug-likeness (QED) is 0.680. The van der Waals surface area contributed by atoms with Gasteiger partial charge in [-0.15, -0.1) is 0 Å². The molecule has 1 aliphatic rings. The number of alkyl halides is 2. The summed E-state index contributed by atoms with van der Waals surface area (Å²) in [5.74, 6) is 1.05. The highest BCUT2D eigenvalue weighted by Crippen LogP contribution is 2.45. The molecule has 1 N–H and O–H groups in total. The number of methoxy groups -OCH3 is 2. The zero-order valence-corrected chi connectivity index (χ0v) is 16.4. The predicted octanol–water partition coefficient (Wildman–Crippen LogP) is 3.73. The van der Waals surface area contributed by atoms with Gasteiger partial charge in [-0.25, -0.2) is 8.78 Å². The number of hydrogen-bond acceptors (Lipinski definition) is 4. The first-order chi connectivity index (χ1) is 13.4. The molecule has 0 saturated heterocycles. The Morgan fingerprint density at radius 3 is 2.64 bits per heavy atom. The van der Waals surface area contributed by atoms with Crippen molar-refractivity contribution in [2.45, 2.75) is 38.2 Å². The van der Waals surface area contributed by atoms with Gasteiger partial charge in [0.15, 0.2) is 11.5 Å². The largest absolute Gasteiger partial charge is 0.493 e. The molecular weight excluding hydrogens is 392 g/mol. The molecule has 1 aromatic carbocycles. The fourth-order valence-electron chi connectivity index (χ4n) is 3.05. The third kappa shape index (κ3) is 4.55. The monoisotopic (exact) mass is 413 g/mol. The van der Waals surface area contributed by atoms with Crippen molar-refractivity contribution in [1.29, 1.82) is 0 Å². The highest BCUT2D eigenvalue weighted by Gasteiger charge is 2.34. The summed E-state index contributed by atoms with van der Waals surface area (Å²) in [6.45, 7) is 0.258. The first-order valence-electron chi connectivity index (χ1n) is 8.96. The lowest BCUT2D eigenvalue weighted by atomic mass is 10.1. The summed E-state index contributed by atoms with van der Waals surface area (Å²) in [6, 6.07) is 5.54. The number of amides is 1. The Morgan fingerprint density at radius 2 is 2.04 bits per heavy atom. The van der Waals surface area contributed by atoms with Crippen molar-refractivity contribution in [3.8, 4) is 11.5 Å². The van der Waals surface area contributed by atoms with Gasteiger partial charge in [-0.2, -0.15) is 5.10 Å². The Morgan fingerprint density at radius 1 is 1.32 bits per heavy atom. The van der Waals surface area contributed by atoms with Crippen LogP contribution in [-0.4, -0.2) is 36.5 Å². The molecule has 0 atom stereocenters. The lowest BCUT2D eigenvalue weighted by Crippen LogP contribution is -2.30. The van der Waals surface area contributed by atoms with E-state index in [2.05, 4.69) is 10.4 Å². The number of rotatable bonds is 9. The SMILES string of the molecule is COc1ccc(CCNC(=O)Cn2nc(C(F)F)c(Cl)c2C2CC2)cc1OC. The highest BCUT2D eigenvalue weighted by atomic mass is 35.5. The molecule has 9 heteroatoms. The van der Waals surface area contributed by atoms with Crippen molar-refractivity contribution in [3.63, 3.8) is 0 Å². The minimum Gasteiger partial charge on any atom is -0.493 e. The van der Waals surface area contributed by atoms with Gasteiger partial charge in [0.25, 0.3) is 6.43 Å². The minimum atomic E-state index is -2.76. The van der Waals surface area contributed by atoms with Gasteiger partial charge < -0.3 is 14.8 Å². The molecule has 0 spiro atoms. The predicted molar refractivity (Wildman–Crippen MR) is 100 cm³/mol. The number of hydrogen-bond donors (Lipinski definition) is 1. The summed E-state index contributed by atoms with van der Waals surface area (Å²) >= 11 is 6.06. The van der Waals surface area contributed by atoms with E-state index in [1.807, 2.05) is 12.1 Å². The fraction of sp³-hybridized carbons (Fsp3) is 0.474. The van der Waals surface area contributed by atoms with E-state index < -0.39 is 12.1 Å². The smallest absolute Gasteiger partial charge is 0.283 e. The molecule has 0 aliphatic heterocycles. The van der Waals surface area contributed by atoms with E-state index in [1.54, 1.807) is 20.3 Å². The Balaban J connectivity index is 1.59. The number of carbonyl (C=O) groups excluding carboxylic acids is 1. The van der Waals surface area contributed by atoms with Crippen LogP contribution in [0.2, 0.25) is 5.02 Å². The highest BCUT2D eigenvalue weighted by molar-refractivity contribution is 6.32. The second-order valence-corrected chi connectivity index (χ2v) is 6.98. The van der Waals surface area contributed by atoms with Crippen LogP contribution in [0.15, 0.2) is 18.2 Å². The number of nitrogens with zero attached hydrogens (tertiary/aromatic N) is 2. The van der Waals surface area contributed by atoms with Gasteiger partial charge in [0, 0.05) is 12.5 Å². The normalized spacial score (nSPS) is 13.6. The topological polar surface area (TPSA) is 65.4 Å². The zero-order chi connectivity index (χ0) is 20.3. The van der Waals surface area contributed by atoms with Crippen LogP contribution < -0.4 is 14.8 Å². The Labute approximate surface area is 166 Å². The zero-order valence-electron chi connectivity index (χ0n) is 15.7. The first kappa shape index (κ1) is 20.4. The molecule has 1 saturated carbocycles. The molecule has 152 valence electrons. The summed E-state index contributed by atoms with van der Waals surface area (Å²) in [4.78, 5) is 12.3. The van der Waals surface area contributed by atoms with Crippen LogP contribution in [0.4, 0.5) is 8.78 Å². The van der Waals surface area contributed by atoms with Crippen molar-refractivity contribution >= 4 is 17.5 Å². The van der Waals surface area contributed by atoms with E-state index in [4.69, 9.17) is 21.1 Å². The minimum absolute atomic E-state index is 0.0179. The van der Waals surface area contributed by atoms with Crippen molar-refractivity contribution in [3.05, 3.63) is 40.2 Å². The summed E-state index contributed by atoms with van der Waals surface area (Å²) in [5, 5.41) is 6.63. The second-order valence-electron chi connectivity index (χ2n) is 6.61. The van der Waals surface area contributed by atoms with Crippen LogP contribution in [0.1, 0.15) is 42.1 Å². The van der Waals surface area contributed by atoms with Crippen LogP contribution >= 0.6 is 11.6 Å². The average Bonchev–Trinajstić information content (AvgIpc) is 3.45. The van der Waals surface area contributed by atoms with Crippen molar-refractivity contribution in [1.82, 2.24) is 15.1 Å². The molecular formula is C19H22ClF2N3O3. The van der Waals surface area contributed by atoms with Crippen LogP contribution in [0.3, 0.4) is 0 Å². The Hall–Kier alpha value is -2.35. The molecule has 1 aromatic heterocycles. The number of ether oxygens (including phenoxy) is 2. The Bertz CT molecular complexity index is 853. The molecule has 3 rings (SSSR count). The third-order valence-corrected chi connectivity index (χ3v) is 4.99. The van der Waals surface area contributed by atoms with Gasteiger partial charge in [-0.05, 0) is 37.0 Å². The molecule has 6 nitrogen and oxygen atoms in total. The molecule has 0 bridgehead atoms. The van der Waals surface area contributed by atoms with E-state index >= 15 is 0 Å². The number of carbonyl (C=O) groups is 1. The molecule has 1 amide bonds. The van der Waals surface area contributed by atoms with Crippen molar-refractivity contribution in [2.75, 3.05) is 20.8 Å². The summed E-state index contributed by atoms with van der Waals surface area (Å²) in [7, 11) is 3.12. The fourth-order valence-corrected chi connectivity index (χ4v) is 3.43. The van der Waals surface area contributed by atoms with E-state index in [9.17, 15) is 13.6 Å². The van der Waals surface area contributed by atoms with Gasteiger partial charge in [-0.1, -0.05) is 17.7 Å². The summed E-state index contributed by atoms with van der Waals surface area (Å²) < 4.78 is 37.9. The summed E-state index contributed by atoms with van der Waals surface area (Å²) in [5.41, 5.74) is 1.05. The van der Waals surface area contributed by atoms with Gasteiger partial charge in [0.1, 0.15) is 12.2 Å². The van der Waals surface area contributed by atoms with Crippen molar-refractivity contribution < 1.29 is 23.0 Å². The molecule has 28 heavy (non-hydrogen) atoms. The van der Waals surface area contributed by atoms with Crippen LogP contribution in [0.5, 0.6) is 11.5 Å². The molecule has 1 fully saturated rings. The van der Waals surface area contributed by atoms with Crippen LogP contribution in [0, 0.1) is 0 Å². The third-order valence-electron chi connectivity index (χ3n) is 4.60. The number of aromatic nitrogens is 2. The number of halogens is 3. The average molecular weight is 414 g/mol.